The molecule has 1 amide bonds. The number of hydrogen-bond acceptors (Lipinski definition) is 5. The fourth-order valence-corrected chi connectivity index (χ4v) is 2.47. The van der Waals surface area contributed by atoms with E-state index in [0.717, 1.165) is 11.4 Å². The number of aromatic nitrogens is 2. The zero-order chi connectivity index (χ0) is 20.0. The highest BCUT2D eigenvalue weighted by Crippen LogP contribution is 2.23. The summed E-state index contributed by atoms with van der Waals surface area (Å²) >= 11 is 0. The van der Waals surface area contributed by atoms with Crippen LogP contribution in [-0.2, 0) is 19.1 Å². The van der Waals surface area contributed by atoms with Gasteiger partial charge in [-0.3, -0.25) is 4.79 Å². The average Bonchev–Trinajstić information content (AvgIpc) is 2.94. The number of nitrogens with one attached hydrogen (secondary N) is 1. The lowest BCUT2D eigenvalue weighted by molar-refractivity contribution is -0.163. The maximum absolute atomic E-state index is 12.5. The number of aryl methyl sites for hydroxylation is 1. The average molecular weight is 371 g/mol. The van der Waals surface area contributed by atoms with Crippen molar-refractivity contribution in [2.24, 2.45) is 0 Å². The Hall–Kier alpha value is -2.93. The highest BCUT2D eigenvalue weighted by atomic mass is 16.6. The van der Waals surface area contributed by atoms with E-state index in [-0.39, 0.29) is 6.61 Å². The maximum Gasteiger partial charge on any atom is 0.335 e. The quantitative estimate of drug-likeness (QED) is 0.570. The lowest BCUT2D eigenvalue weighted by Gasteiger charge is -2.16. The zero-order valence-corrected chi connectivity index (χ0v) is 16.1. The van der Waals surface area contributed by atoms with Crippen molar-refractivity contribution < 1.29 is 19.1 Å². The molecule has 7 heteroatoms. The van der Waals surface area contributed by atoms with Gasteiger partial charge in [0.25, 0.3) is 5.91 Å². The Kier molecular flexibility index (Phi) is 6.90. The van der Waals surface area contributed by atoms with Gasteiger partial charge in [-0.15, -0.1) is 6.58 Å². The predicted octanol–water partition coefficient (Wildman–Crippen LogP) is 2.95. The third kappa shape index (κ3) is 5.04. The van der Waals surface area contributed by atoms with Crippen molar-refractivity contribution in [2.45, 2.75) is 39.9 Å². The van der Waals surface area contributed by atoms with Crippen LogP contribution >= 0.6 is 0 Å². The van der Waals surface area contributed by atoms with Gasteiger partial charge in [0, 0.05) is 0 Å². The first kappa shape index (κ1) is 20.4. The Morgan fingerprint density at radius 3 is 2.52 bits per heavy atom. The van der Waals surface area contributed by atoms with Gasteiger partial charge in [0.2, 0.25) is 0 Å². The van der Waals surface area contributed by atoms with E-state index in [1.807, 2.05) is 44.2 Å². The van der Waals surface area contributed by atoms with E-state index in [0.29, 0.717) is 11.4 Å². The number of para-hydroxylation sites is 1. The predicted molar refractivity (Wildman–Crippen MR) is 103 cm³/mol. The molecule has 7 nitrogen and oxygen atoms in total. The molecule has 0 aliphatic carbocycles. The number of amides is 1. The number of benzene rings is 1. The molecule has 1 N–H and O–H groups in total. The second kappa shape index (κ2) is 9.14. The van der Waals surface area contributed by atoms with Crippen molar-refractivity contribution >= 4 is 17.6 Å². The van der Waals surface area contributed by atoms with Gasteiger partial charge in [-0.1, -0.05) is 24.3 Å². The molecule has 2 unspecified atom stereocenters. The van der Waals surface area contributed by atoms with Gasteiger partial charge in [0.15, 0.2) is 12.2 Å². The van der Waals surface area contributed by atoms with E-state index in [2.05, 4.69) is 17.0 Å². The van der Waals surface area contributed by atoms with E-state index in [1.165, 1.54) is 13.0 Å². The summed E-state index contributed by atoms with van der Waals surface area (Å²) in [6.07, 6.45) is -0.204. The van der Waals surface area contributed by atoms with Crippen LogP contribution in [0.4, 0.5) is 5.69 Å². The van der Waals surface area contributed by atoms with E-state index < -0.39 is 24.1 Å². The third-order valence-electron chi connectivity index (χ3n) is 4.00. The van der Waals surface area contributed by atoms with Crippen molar-refractivity contribution in [3.05, 3.63) is 54.4 Å². The van der Waals surface area contributed by atoms with Crippen molar-refractivity contribution in [3.8, 4) is 5.69 Å². The fraction of sp³-hybridized carbons (Fsp3) is 0.350. The first-order valence-corrected chi connectivity index (χ1v) is 8.70. The second-order valence-electron chi connectivity index (χ2n) is 6.13. The molecule has 1 heterocycles. The van der Waals surface area contributed by atoms with Crippen LogP contribution in [0.25, 0.3) is 5.69 Å². The smallest absolute Gasteiger partial charge is 0.335 e. The molecule has 0 aliphatic rings. The molecule has 2 atom stereocenters. The van der Waals surface area contributed by atoms with Crippen molar-refractivity contribution in [3.63, 3.8) is 0 Å². The highest BCUT2D eigenvalue weighted by molar-refractivity contribution is 5.96. The number of hydrogen-bond donors (Lipinski definition) is 1. The van der Waals surface area contributed by atoms with Crippen molar-refractivity contribution in [2.75, 3.05) is 11.9 Å². The topological polar surface area (TPSA) is 82.4 Å². The first-order valence-electron chi connectivity index (χ1n) is 8.70. The monoisotopic (exact) mass is 371 g/mol. The third-order valence-corrected chi connectivity index (χ3v) is 4.00. The molecule has 0 saturated carbocycles. The van der Waals surface area contributed by atoms with E-state index in [1.54, 1.807) is 11.6 Å². The maximum atomic E-state index is 12.5. The summed E-state index contributed by atoms with van der Waals surface area (Å²) in [5.41, 5.74) is 2.95. The van der Waals surface area contributed by atoms with Crippen LogP contribution in [0.3, 0.4) is 0 Å². The minimum absolute atomic E-state index is 0.230. The van der Waals surface area contributed by atoms with E-state index in [4.69, 9.17) is 9.47 Å². The fourth-order valence-electron chi connectivity index (χ4n) is 2.47. The van der Waals surface area contributed by atoms with Gasteiger partial charge in [-0.25, -0.2) is 9.48 Å². The number of rotatable bonds is 8. The number of ether oxygens (including phenoxy) is 2. The summed E-state index contributed by atoms with van der Waals surface area (Å²) in [7, 11) is 0. The normalized spacial score (nSPS) is 12.9. The van der Waals surface area contributed by atoms with Gasteiger partial charge in [-0.2, -0.15) is 5.10 Å². The van der Waals surface area contributed by atoms with Gasteiger partial charge >= 0.3 is 5.97 Å². The molecule has 0 fully saturated rings. The van der Waals surface area contributed by atoms with Crippen LogP contribution in [0.15, 0.2) is 43.0 Å². The summed E-state index contributed by atoms with van der Waals surface area (Å²) < 4.78 is 12.1. The molecule has 2 rings (SSSR count). The van der Waals surface area contributed by atoms with Gasteiger partial charge in [0.1, 0.15) is 0 Å². The van der Waals surface area contributed by atoms with Crippen molar-refractivity contribution in [1.29, 1.82) is 0 Å². The highest BCUT2D eigenvalue weighted by Gasteiger charge is 2.24. The number of carbonyl (C=O) groups excluding carboxylic acids is 2. The molecule has 0 bridgehead atoms. The zero-order valence-electron chi connectivity index (χ0n) is 16.1. The number of esters is 1. The Bertz CT molecular complexity index is 814. The molecular weight excluding hydrogens is 346 g/mol. The SMILES string of the molecule is C=CCOC(C)C(=O)OC(C)C(=O)Nc1c(C)nn(-c2ccccc2)c1C. The van der Waals surface area contributed by atoms with Crippen LogP contribution in [0, 0.1) is 13.8 Å². The van der Waals surface area contributed by atoms with E-state index >= 15 is 0 Å². The van der Waals surface area contributed by atoms with Gasteiger partial charge < -0.3 is 14.8 Å². The lowest BCUT2D eigenvalue weighted by atomic mass is 10.2. The van der Waals surface area contributed by atoms with E-state index in [9.17, 15) is 9.59 Å². The lowest BCUT2D eigenvalue weighted by Crippen LogP contribution is -2.34. The standard InChI is InChI=1S/C20H25N3O4/c1-6-12-26-16(5)20(25)27-15(4)19(24)21-18-13(2)22-23(14(18)3)17-10-8-7-9-11-17/h6-11,15-16H,1,12H2,2-5H3,(H,21,24). The second-order valence-corrected chi connectivity index (χ2v) is 6.13. The van der Waals surface area contributed by atoms with Crippen molar-refractivity contribution in [1.82, 2.24) is 9.78 Å². The molecule has 0 aliphatic heterocycles. The minimum atomic E-state index is -0.967. The molecular formula is C20H25N3O4. The minimum Gasteiger partial charge on any atom is -0.451 e. The molecule has 27 heavy (non-hydrogen) atoms. The Balaban J connectivity index is 2.06. The number of carbonyl (C=O) groups is 2. The molecule has 0 spiro atoms. The van der Waals surface area contributed by atoms with Gasteiger partial charge in [-0.05, 0) is 39.8 Å². The molecule has 0 saturated heterocycles. The summed E-state index contributed by atoms with van der Waals surface area (Å²) in [4.78, 5) is 24.4. The summed E-state index contributed by atoms with van der Waals surface area (Å²) in [6, 6.07) is 9.62. The van der Waals surface area contributed by atoms with Crippen LogP contribution < -0.4 is 5.32 Å². The summed E-state index contributed by atoms with van der Waals surface area (Å²) in [5, 5.41) is 7.28. The summed E-state index contributed by atoms with van der Waals surface area (Å²) in [5.74, 6) is -1.04. The van der Waals surface area contributed by atoms with Gasteiger partial charge in [0.05, 0.1) is 29.4 Å². The summed E-state index contributed by atoms with van der Waals surface area (Å²) in [6.45, 7) is 10.5. The Morgan fingerprint density at radius 2 is 1.89 bits per heavy atom. The van der Waals surface area contributed by atoms with Crippen LogP contribution in [0.2, 0.25) is 0 Å². The number of anilines is 1. The first-order chi connectivity index (χ1) is 12.8. The van der Waals surface area contributed by atoms with Crippen LogP contribution in [0.5, 0.6) is 0 Å². The molecule has 0 radical (unpaired) electrons. The van der Waals surface area contributed by atoms with Crippen LogP contribution in [-0.4, -0.2) is 40.5 Å². The Morgan fingerprint density at radius 1 is 1.22 bits per heavy atom. The molecule has 1 aromatic heterocycles. The Labute approximate surface area is 159 Å². The number of nitrogens with zero attached hydrogens (tertiary/aromatic N) is 2. The molecule has 144 valence electrons. The molecule has 1 aromatic carbocycles. The van der Waals surface area contributed by atoms with Crippen LogP contribution in [0.1, 0.15) is 25.2 Å². The molecule has 2 aromatic rings. The largest absolute Gasteiger partial charge is 0.451 e.